The number of hydrogen-bond donors (Lipinski definition) is 1. The smallest absolute Gasteiger partial charge is 0.224 e. The molecule has 1 heterocycles. The summed E-state index contributed by atoms with van der Waals surface area (Å²) in [7, 11) is 3.32. The maximum absolute atomic E-state index is 12.8. The van der Waals surface area contributed by atoms with Crippen LogP contribution in [0.25, 0.3) is 0 Å². The predicted octanol–water partition coefficient (Wildman–Crippen LogP) is 2.76. The highest BCUT2D eigenvalue weighted by atomic mass is 35.5. The minimum Gasteiger partial charge on any atom is -0.497 e. The second-order valence-electron chi connectivity index (χ2n) is 6.43. The molecule has 1 aliphatic carbocycles. The van der Waals surface area contributed by atoms with Gasteiger partial charge in [0.15, 0.2) is 0 Å². The van der Waals surface area contributed by atoms with Crippen LogP contribution in [0.1, 0.15) is 37.7 Å². The van der Waals surface area contributed by atoms with Crippen LogP contribution in [0, 0.1) is 0 Å². The van der Waals surface area contributed by atoms with Gasteiger partial charge in [0.25, 0.3) is 0 Å². The summed E-state index contributed by atoms with van der Waals surface area (Å²) in [6.07, 6.45) is 5.09. The summed E-state index contributed by atoms with van der Waals surface area (Å²) in [4.78, 5) is 14.8. The highest BCUT2D eigenvalue weighted by Crippen LogP contribution is 2.32. The van der Waals surface area contributed by atoms with E-state index >= 15 is 0 Å². The second kappa shape index (κ2) is 8.58. The van der Waals surface area contributed by atoms with Gasteiger partial charge in [0.1, 0.15) is 11.5 Å². The normalized spacial score (nSPS) is 19.5. The Hall–Kier alpha value is -1.46. The van der Waals surface area contributed by atoms with Crippen molar-refractivity contribution in [3.8, 4) is 11.5 Å². The van der Waals surface area contributed by atoms with Gasteiger partial charge in [0, 0.05) is 30.6 Å². The zero-order valence-corrected chi connectivity index (χ0v) is 15.2. The zero-order valence-electron chi connectivity index (χ0n) is 14.4. The fourth-order valence-electron chi connectivity index (χ4n) is 3.26. The lowest BCUT2D eigenvalue weighted by molar-refractivity contribution is -0.132. The van der Waals surface area contributed by atoms with Crippen molar-refractivity contribution < 1.29 is 14.3 Å². The topological polar surface area (TPSA) is 50.8 Å². The lowest BCUT2D eigenvalue weighted by Gasteiger charge is -2.25. The molecule has 3 rings (SSSR count). The van der Waals surface area contributed by atoms with E-state index in [0.717, 1.165) is 42.9 Å². The number of ether oxygens (including phenoxy) is 2. The molecule has 5 nitrogen and oxygen atoms in total. The van der Waals surface area contributed by atoms with Crippen molar-refractivity contribution in [1.29, 1.82) is 0 Å². The molecule has 0 radical (unpaired) electrons. The number of hydrogen-bond acceptors (Lipinski definition) is 4. The molecule has 2 aliphatic rings. The highest BCUT2D eigenvalue weighted by Gasteiger charge is 2.34. The van der Waals surface area contributed by atoms with Gasteiger partial charge in [-0.1, -0.05) is 0 Å². The molecule has 2 fully saturated rings. The number of rotatable bonds is 7. The van der Waals surface area contributed by atoms with Crippen LogP contribution in [0.2, 0.25) is 0 Å². The van der Waals surface area contributed by atoms with Crippen LogP contribution >= 0.6 is 12.4 Å². The molecule has 6 heteroatoms. The standard InChI is InChI=1S/C18H26N2O3.ClH/c1-22-16-7-8-17(23-2)13(10-16)12-20(15-5-6-15)18(21)11-14-4-3-9-19-14;/h7-8,10,14-15,19H,3-6,9,11-12H2,1-2H3;1H. The lowest BCUT2D eigenvalue weighted by Crippen LogP contribution is -2.37. The van der Waals surface area contributed by atoms with Gasteiger partial charge in [-0.25, -0.2) is 0 Å². The molecule has 134 valence electrons. The van der Waals surface area contributed by atoms with E-state index in [2.05, 4.69) is 5.32 Å². The van der Waals surface area contributed by atoms with Crippen molar-refractivity contribution in [2.75, 3.05) is 20.8 Å². The van der Waals surface area contributed by atoms with Crippen LogP contribution < -0.4 is 14.8 Å². The van der Waals surface area contributed by atoms with Crippen molar-refractivity contribution >= 4 is 18.3 Å². The highest BCUT2D eigenvalue weighted by molar-refractivity contribution is 5.85. The molecule has 1 saturated heterocycles. The van der Waals surface area contributed by atoms with Crippen LogP contribution in [-0.4, -0.2) is 43.7 Å². The first-order valence-corrected chi connectivity index (χ1v) is 8.45. The Morgan fingerprint density at radius 1 is 1.25 bits per heavy atom. The summed E-state index contributed by atoms with van der Waals surface area (Å²) < 4.78 is 10.8. The van der Waals surface area contributed by atoms with E-state index in [0.29, 0.717) is 25.0 Å². The summed E-state index contributed by atoms with van der Waals surface area (Å²) in [6, 6.07) is 6.49. The number of amides is 1. The van der Waals surface area contributed by atoms with Crippen LogP contribution in [0.3, 0.4) is 0 Å². The molecule has 1 unspecified atom stereocenters. The third-order valence-electron chi connectivity index (χ3n) is 4.72. The van der Waals surface area contributed by atoms with Gasteiger partial charge in [-0.2, -0.15) is 0 Å². The number of carbonyl (C=O) groups is 1. The van der Waals surface area contributed by atoms with Gasteiger partial charge < -0.3 is 19.7 Å². The van der Waals surface area contributed by atoms with E-state index in [1.165, 1.54) is 6.42 Å². The van der Waals surface area contributed by atoms with E-state index in [-0.39, 0.29) is 18.3 Å². The average molecular weight is 355 g/mol. The fourth-order valence-corrected chi connectivity index (χ4v) is 3.26. The molecule has 0 aromatic heterocycles. The van der Waals surface area contributed by atoms with Crippen molar-refractivity contribution in [2.45, 2.75) is 50.7 Å². The van der Waals surface area contributed by atoms with Crippen LogP contribution in [0.15, 0.2) is 18.2 Å². The summed E-state index contributed by atoms with van der Waals surface area (Å²) >= 11 is 0. The number of benzene rings is 1. The maximum Gasteiger partial charge on any atom is 0.224 e. The van der Waals surface area contributed by atoms with E-state index in [9.17, 15) is 4.79 Å². The molecular formula is C18H27ClN2O3. The third-order valence-corrected chi connectivity index (χ3v) is 4.72. The minimum atomic E-state index is 0. The predicted molar refractivity (Wildman–Crippen MR) is 96.0 cm³/mol. The molecule has 1 amide bonds. The quantitative estimate of drug-likeness (QED) is 0.818. The average Bonchev–Trinajstić information content (AvgIpc) is 3.29. The SMILES string of the molecule is COc1ccc(OC)c(CN(C(=O)CC2CCCN2)C2CC2)c1.Cl. The molecule has 1 aliphatic heterocycles. The molecule has 1 N–H and O–H groups in total. The van der Waals surface area contributed by atoms with Gasteiger partial charge in [-0.05, 0) is 50.4 Å². The number of nitrogens with zero attached hydrogens (tertiary/aromatic N) is 1. The molecule has 1 aromatic carbocycles. The Kier molecular flexibility index (Phi) is 6.75. The van der Waals surface area contributed by atoms with Gasteiger partial charge >= 0.3 is 0 Å². The molecule has 0 spiro atoms. The molecular weight excluding hydrogens is 328 g/mol. The van der Waals surface area contributed by atoms with Crippen molar-refractivity contribution in [1.82, 2.24) is 10.2 Å². The van der Waals surface area contributed by atoms with Gasteiger partial charge in [0.05, 0.1) is 14.2 Å². The summed E-state index contributed by atoms with van der Waals surface area (Å²) in [6.45, 7) is 1.63. The van der Waals surface area contributed by atoms with E-state index in [1.807, 2.05) is 23.1 Å². The van der Waals surface area contributed by atoms with Crippen molar-refractivity contribution in [3.05, 3.63) is 23.8 Å². The Bertz CT molecular complexity index is 557. The van der Waals surface area contributed by atoms with Gasteiger partial charge in [0.2, 0.25) is 5.91 Å². The maximum atomic E-state index is 12.8. The number of methoxy groups -OCH3 is 2. The van der Waals surface area contributed by atoms with Crippen molar-refractivity contribution in [3.63, 3.8) is 0 Å². The second-order valence-corrected chi connectivity index (χ2v) is 6.43. The number of carbonyl (C=O) groups excluding carboxylic acids is 1. The fraction of sp³-hybridized carbons (Fsp3) is 0.611. The van der Waals surface area contributed by atoms with Gasteiger partial charge in [-0.15, -0.1) is 12.4 Å². The van der Waals surface area contributed by atoms with Crippen LogP contribution in [0.5, 0.6) is 11.5 Å². The first kappa shape index (κ1) is 18.9. The minimum absolute atomic E-state index is 0. The first-order chi connectivity index (χ1) is 11.2. The first-order valence-electron chi connectivity index (χ1n) is 8.45. The Morgan fingerprint density at radius 3 is 2.62 bits per heavy atom. The molecule has 1 saturated carbocycles. The molecule has 1 aromatic rings. The zero-order chi connectivity index (χ0) is 16.2. The monoisotopic (exact) mass is 354 g/mol. The van der Waals surface area contributed by atoms with E-state index < -0.39 is 0 Å². The largest absolute Gasteiger partial charge is 0.497 e. The van der Waals surface area contributed by atoms with Gasteiger partial charge in [-0.3, -0.25) is 4.79 Å². The number of halogens is 1. The molecule has 1 atom stereocenters. The Balaban J connectivity index is 0.00000208. The number of nitrogens with one attached hydrogen (secondary N) is 1. The molecule has 0 bridgehead atoms. The Labute approximate surface area is 150 Å². The van der Waals surface area contributed by atoms with E-state index in [1.54, 1.807) is 14.2 Å². The van der Waals surface area contributed by atoms with Crippen molar-refractivity contribution in [2.24, 2.45) is 0 Å². The van der Waals surface area contributed by atoms with E-state index in [4.69, 9.17) is 9.47 Å². The van der Waals surface area contributed by atoms with Crippen LogP contribution in [0.4, 0.5) is 0 Å². The summed E-state index contributed by atoms with van der Waals surface area (Å²) in [5, 5.41) is 3.41. The lowest BCUT2D eigenvalue weighted by atomic mass is 10.1. The summed E-state index contributed by atoms with van der Waals surface area (Å²) in [5.74, 6) is 1.85. The Morgan fingerprint density at radius 2 is 2.04 bits per heavy atom. The summed E-state index contributed by atoms with van der Waals surface area (Å²) in [5.41, 5.74) is 1.01. The molecule has 24 heavy (non-hydrogen) atoms. The third kappa shape index (κ3) is 4.54. The van der Waals surface area contributed by atoms with Crippen LogP contribution in [-0.2, 0) is 11.3 Å².